The number of aromatic nitrogens is 1. The van der Waals surface area contributed by atoms with E-state index in [0.29, 0.717) is 11.9 Å². The molecule has 0 fully saturated rings. The summed E-state index contributed by atoms with van der Waals surface area (Å²) in [5.41, 5.74) is 2.08. The van der Waals surface area contributed by atoms with E-state index in [1.165, 1.54) is 0 Å². The van der Waals surface area contributed by atoms with E-state index >= 15 is 0 Å². The largest absolute Gasteiger partial charge is 0.445 e. The molecule has 1 aliphatic rings. The van der Waals surface area contributed by atoms with Gasteiger partial charge in [-0.2, -0.15) is 0 Å². The minimum Gasteiger partial charge on any atom is -0.445 e. The highest BCUT2D eigenvalue weighted by molar-refractivity contribution is 7.19. The van der Waals surface area contributed by atoms with Gasteiger partial charge in [0.2, 0.25) is 0 Å². The van der Waals surface area contributed by atoms with E-state index in [0.717, 1.165) is 33.7 Å². The van der Waals surface area contributed by atoms with Gasteiger partial charge in [0, 0.05) is 23.7 Å². The van der Waals surface area contributed by atoms with Gasteiger partial charge in [-0.25, -0.2) is 4.79 Å². The predicted octanol–water partition coefficient (Wildman–Crippen LogP) is 4.79. The van der Waals surface area contributed by atoms with Gasteiger partial charge in [-0.1, -0.05) is 43.3 Å². The van der Waals surface area contributed by atoms with Gasteiger partial charge in [0.1, 0.15) is 11.4 Å². The van der Waals surface area contributed by atoms with Crippen molar-refractivity contribution < 1.29 is 9.53 Å². The van der Waals surface area contributed by atoms with E-state index in [2.05, 4.69) is 18.0 Å². The van der Waals surface area contributed by atoms with Crippen LogP contribution in [0.1, 0.15) is 30.2 Å². The quantitative estimate of drug-likeness (QED) is 0.692. The first-order valence-corrected chi connectivity index (χ1v) is 10.3. The van der Waals surface area contributed by atoms with Gasteiger partial charge in [0.25, 0.3) is 0 Å². The lowest BCUT2D eigenvalue weighted by Crippen LogP contribution is -2.43. The van der Waals surface area contributed by atoms with E-state index in [-0.39, 0.29) is 24.2 Å². The van der Waals surface area contributed by atoms with Crippen molar-refractivity contribution in [3.63, 3.8) is 0 Å². The zero-order valence-electron chi connectivity index (χ0n) is 15.7. The first kappa shape index (κ1) is 18.5. The third kappa shape index (κ3) is 3.60. The van der Waals surface area contributed by atoms with Gasteiger partial charge in [-0.05, 0) is 30.0 Å². The van der Waals surface area contributed by atoms with Crippen LogP contribution in [-0.4, -0.2) is 28.6 Å². The van der Waals surface area contributed by atoms with Crippen molar-refractivity contribution in [3.05, 3.63) is 75.4 Å². The molecule has 0 spiro atoms. The standard InChI is InChI=1S/C22H22N2O3S/c1-2-18-16(20-13-17-19(25)10-11-23-21(17)28-20)9-6-12-24(18)22(26)27-14-15-7-4-3-5-8-15/h3-5,7-11,13,18H,2,6,12,14H2,1H3,(H,23,25). The lowest BCUT2D eigenvalue weighted by atomic mass is 9.96. The molecule has 1 aliphatic heterocycles. The maximum atomic E-state index is 12.8. The van der Waals surface area contributed by atoms with Gasteiger partial charge >= 0.3 is 6.09 Å². The van der Waals surface area contributed by atoms with Crippen LogP contribution in [0.2, 0.25) is 0 Å². The average molecular weight is 394 g/mol. The van der Waals surface area contributed by atoms with E-state index < -0.39 is 0 Å². The van der Waals surface area contributed by atoms with E-state index in [4.69, 9.17) is 4.74 Å². The number of aromatic amines is 1. The molecule has 0 bridgehead atoms. The highest BCUT2D eigenvalue weighted by Gasteiger charge is 2.30. The molecular weight excluding hydrogens is 372 g/mol. The van der Waals surface area contributed by atoms with Gasteiger partial charge < -0.3 is 14.6 Å². The SMILES string of the molecule is CCC1C(c2cc3c(=O)cc[nH]c3s2)=CCCN1C(=O)OCc1ccccc1. The van der Waals surface area contributed by atoms with Crippen LogP contribution in [0, 0.1) is 0 Å². The number of pyridine rings is 1. The third-order valence-electron chi connectivity index (χ3n) is 5.03. The fourth-order valence-corrected chi connectivity index (χ4v) is 4.78. The summed E-state index contributed by atoms with van der Waals surface area (Å²) in [5.74, 6) is 0. The zero-order chi connectivity index (χ0) is 19.5. The number of thiophene rings is 1. The Kier molecular flexibility index (Phi) is 5.30. The Morgan fingerprint density at radius 2 is 2.11 bits per heavy atom. The number of rotatable bonds is 4. The molecule has 0 radical (unpaired) electrons. The second-order valence-electron chi connectivity index (χ2n) is 6.80. The highest BCUT2D eigenvalue weighted by Crippen LogP contribution is 2.35. The Morgan fingerprint density at radius 1 is 1.29 bits per heavy atom. The molecule has 0 saturated carbocycles. The second kappa shape index (κ2) is 8.02. The number of nitrogens with zero attached hydrogens (tertiary/aromatic N) is 1. The number of nitrogens with one attached hydrogen (secondary N) is 1. The summed E-state index contributed by atoms with van der Waals surface area (Å²) in [6.07, 6.45) is 5.12. The maximum Gasteiger partial charge on any atom is 0.410 e. The Balaban J connectivity index is 1.55. The van der Waals surface area contributed by atoms with Gasteiger partial charge in [-0.15, -0.1) is 11.3 Å². The Bertz CT molecular complexity index is 1070. The molecule has 5 nitrogen and oxygen atoms in total. The molecule has 0 saturated heterocycles. The molecule has 2 aromatic heterocycles. The maximum absolute atomic E-state index is 12.8. The van der Waals surface area contributed by atoms with Crippen molar-refractivity contribution in [1.29, 1.82) is 0 Å². The third-order valence-corrected chi connectivity index (χ3v) is 6.14. The van der Waals surface area contributed by atoms with Gasteiger partial charge in [0.05, 0.1) is 11.4 Å². The van der Waals surface area contributed by atoms with Gasteiger partial charge in [-0.3, -0.25) is 4.79 Å². The fourth-order valence-electron chi connectivity index (χ4n) is 3.65. The Hall–Kier alpha value is -2.86. The summed E-state index contributed by atoms with van der Waals surface area (Å²) < 4.78 is 5.57. The number of hydrogen-bond acceptors (Lipinski definition) is 4. The molecule has 6 heteroatoms. The van der Waals surface area contributed by atoms with Crippen LogP contribution in [-0.2, 0) is 11.3 Å². The number of amides is 1. The fraction of sp³-hybridized carbons (Fsp3) is 0.273. The first-order valence-electron chi connectivity index (χ1n) is 9.46. The summed E-state index contributed by atoms with van der Waals surface area (Å²) in [4.78, 5) is 31.7. The number of hydrogen-bond donors (Lipinski definition) is 1. The topological polar surface area (TPSA) is 62.4 Å². The van der Waals surface area contributed by atoms with E-state index in [1.54, 1.807) is 23.6 Å². The van der Waals surface area contributed by atoms with Crippen LogP contribution >= 0.6 is 11.3 Å². The van der Waals surface area contributed by atoms with Crippen LogP contribution in [0.15, 0.2) is 59.5 Å². The Labute approximate surface area is 167 Å². The van der Waals surface area contributed by atoms with Crippen molar-refractivity contribution in [2.24, 2.45) is 0 Å². The highest BCUT2D eigenvalue weighted by atomic mass is 32.1. The normalized spacial score (nSPS) is 16.8. The summed E-state index contributed by atoms with van der Waals surface area (Å²) in [6, 6.07) is 13.1. The lowest BCUT2D eigenvalue weighted by Gasteiger charge is -2.35. The molecule has 1 aromatic carbocycles. The minimum atomic E-state index is -0.293. The van der Waals surface area contributed by atoms with Crippen LogP contribution in [0.4, 0.5) is 4.79 Å². The second-order valence-corrected chi connectivity index (χ2v) is 7.85. The Morgan fingerprint density at radius 3 is 2.86 bits per heavy atom. The molecule has 144 valence electrons. The van der Waals surface area contributed by atoms with Gasteiger partial charge in [0.15, 0.2) is 5.43 Å². The predicted molar refractivity (Wildman–Crippen MR) is 112 cm³/mol. The smallest absolute Gasteiger partial charge is 0.410 e. The minimum absolute atomic E-state index is 0.0137. The van der Waals surface area contributed by atoms with Crippen LogP contribution in [0.25, 0.3) is 15.8 Å². The molecule has 1 N–H and O–H groups in total. The molecule has 28 heavy (non-hydrogen) atoms. The van der Waals surface area contributed by atoms with Crippen molar-refractivity contribution >= 4 is 33.2 Å². The number of H-pyrrole nitrogens is 1. The van der Waals surface area contributed by atoms with Crippen molar-refractivity contribution in [3.8, 4) is 0 Å². The molecular formula is C22H22N2O3S. The van der Waals surface area contributed by atoms with Crippen LogP contribution < -0.4 is 5.43 Å². The average Bonchev–Trinajstić information content (AvgIpc) is 3.18. The van der Waals surface area contributed by atoms with Crippen molar-refractivity contribution in [2.75, 3.05) is 6.54 Å². The summed E-state index contributed by atoms with van der Waals surface area (Å²) in [7, 11) is 0. The molecule has 1 atom stereocenters. The number of benzene rings is 1. The summed E-state index contributed by atoms with van der Waals surface area (Å²) in [5, 5.41) is 0.696. The van der Waals surface area contributed by atoms with E-state index in [9.17, 15) is 9.59 Å². The first-order chi connectivity index (χ1) is 13.7. The zero-order valence-corrected chi connectivity index (χ0v) is 16.5. The van der Waals surface area contributed by atoms with Crippen LogP contribution in [0.3, 0.4) is 0 Å². The molecule has 4 rings (SSSR count). The number of carbonyl (C=O) groups is 1. The molecule has 3 heterocycles. The number of ether oxygens (including phenoxy) is 1. The van der Waals surface area contributed by atoms with Crippen molar-refractivity contribution in [2.45, 2.75) is 32.4 Å². The van der Waals surface area contributed by atoms with Crippen LogP contribution in [0.5, 0.6) is 0 Å². The summed E-state index contributed by atoms with van der Waals surface area (Å²) in [6.45, 7) is 2.97. The molecule has 1 amide bonds. The number of carbonyl (C=O) groups excluding carboxylic acids is 1. The lowest BCUT2D eigenvalue weighted by molar-refractivity contribution is 0.0871. The summed E-state index contributed by atoms with van der Waals surface area (Å²) >= 11 is 1.56. The molecule has 3 aromatic rings. The van der Waals surface area contributed by atoms with Crippen molar-refractivity contribution in [1.82, 2.24) is 9.88 Å². The molecule has 1 unspecified atom stereocenters. The monoisotopic (exact) mass is 394 g/mol. The van der Waals surface area contributed by atoms with E-state index in [1.807, 2.05) is 41.3 Å². The number of fused-ring (bicyclic) bond motifs is 1. The molecule has 0 aliphatic carbocycles.